The minimum Gasteiger partial charge on any atom is -0.454 e. The standard InChI is InChI=1S/C10H12ClNO3/c11-7-3-6(8(13)1-2-12)4-9-10(7)15-5-14-9/h3-4,8,13H,1-2,5,12H2. The highest BCUT2D eigenvalue weighted by Crippen LogP contribution is 2.41. The van der Waals surface area contributed by atoms with Gasteiger partial charge in [-0.15, -0.1) is 0 Å². The molecule has 0 amide bonds. The number of aliphatic hydroxyl groups is 1. The Morgan fingerprint density at radius 2 is 2.27 bits per heavy atom. The second-order valence-electron chi connectivity index (χ2n) is 3.33. The van der Waals surface area contributed by atoms with E-state index in [0.29, 0.717) is 35.1 Å². The normalized spacial score (nSPS) is 15.4. The predicted octanol–water partition coefficient (Wildman–Crippen LogP) is 1.45. The summed E-state index contributed by atoms with van der Waals surface area (Å²) < 4.78 is 10.4. The van der Waals surface area contributed by atoms with Crippen molar-refractivity contribution < 1.29 is 14.6 Å². The first kappa shape index (κ1) is 10.5. The number of nitrogens with two attached hydrogens (primary N) is 1. The molecule has 1 unspecified atom stereocenters. The molecule has 1 atom stereocenters. The predicted molar refractivity (Wildman–Crippen MR) is 56.2 cm³/mol. The fourth-order valence-corrected chi connectivity index (χ4v) is 1.78. The lowest BCUT2D eigenvalue weighted by Gasteiger charge is -2.11. The third kappa shape index (κ3) is 2.02. The summed E-state index contributed by atoms with van der Waals surface area (Å²) >= 11 is 5.97. The fourth-order valence-electron chi connectivity index (χ4n) is 1.50. The summed E-state index contributed by atoms with van der Waals surface area (Å²) in [5, 5.41) is 10.2. The smallest absolute Gasteiger partial charge is 0.231 e. The van der Waals surface area contributed by atoms with Crippen molar-refractivity contribution in [3.8, 4) is 11.5 Å². The lowest BCUT2D eigenvalue weighted by atomic mass is 10.1. The van der Waals surface area contributed by atoms with Crippen LogP contribution in [0.2, 0.25) is 5.02 Å². The maximum atomic E-state index is 9.74. The molecule has 2 rings (SSSR count). The van der Waals surface area contributed by atoms with E-state index < -0.39 is 6.10 Å². The van der Waals surface area contributed by atoms with Gasteiger partial charge in [0.05, 0.1) is 11.1 Å². The van der Waals surface area contributed by atoms with Gasteiger partial charge in [0, 0.05) is 0 Å². The van der Waals surface area contributed by atoms with Crippen LogP contribution in [0.1, 0.15) is 18.1 Å². The third-order valence-corrected chi connectivity index (χ3v) is 2.56. The van der Waals surface area contributed by atoms with E-state index in [0.717, 1.165) is 0 Å². The van der Waals surface area contributed by atoms with Crippen molar-refractivity contribution in [3.63, 3.8) is 0 Å². The largest absolute Gasteiger partial charge is 0.454 e. The van der Waals surface area contributed by atoms with Crippen LogP contribution in [-0.2, 0) is 0 Å². The van der Waals surface area contributed by atoms with E-state index >= 15 is 0 Å². The van der Waals surface area contributed by atoms with Gasteiger partial charge in [-0.05, 0) is 30.7 Å². The lowest BCUT2D eigenvalue weighted by molar-refractivity contribution is 0.167. The van der Waals surface area contributed by atoms with Gasteiger partial charge in [0.25, 0.3) is 0 Å². The van der Waals surface area contributed by atoms with Crippen molar-refractivity contribution in [3.05, 3.63) is 22.7 Å². The van der Waals surface area contributed by atoms with Crippen molar-refractivity contribution in [1.29, 1.82) is 0 Å². The zero-order chi connectivity index (χ0) is 10.8. The number of ether oxygens (including phenoxy) is 2. The van der Waals surface area contributed by atoms with Crippen LogP contribution in [0.25, 0.3) is 0 Å². The van der Waals surface area contributed by atoms with Crippen LogP contribution in [0.15, 0.2) is 12.1 Å². The summed E-state index contributed by atoms with van der Waals surface area (Å²) in [5.74, 6) is 1.12. The summed E-state index contributed by atoms with van der Waals surface area (Å²) in [6.45, 7) is 0.596. The van der Waals surface area contributed by atoms with E-state index in [1.54, 1.807) is 12.1 Å². The molecular formula is C10H12ClNO3. The van der Waals surface area contributed by atoms with Crippen molar-refractivity contribution in [2.75, 3.05) is 13.3 Å². The average molecular weight is 230 g/mol. The zero-order valence-electron chi connectivity index (χ0n) is 8.07. The fraction of sp³-hybridized carbons (Fsp3) is 0.400. The highest BCUT2D eigenvalue weighted by Gasteiger charge is 2.20. The average Bonchev–Trinajstić information content (AvgIpc) is 2.66. The molecule has 1 aliphatic rings. The van der Waals surface area contributed by atoms with Crippen LogP contribution >= 0.6 is 11.6 Å². The molecule has 82 valence electrons. The van der Waals surface area contributed by atoms with Crippen LogP contribution < -0.4 is 15.2 Å². The Balaban J connectivity index is 2.30. The maximum Gasteiger partial charge on any atom is 0.231 e. The van der Waals surface area contributed by atoms with E-state index in [1.807, 2.05) is 0 Å². The van der Waals surface area contributed by atoms with Gasteiger partial charge < -0.3 is 20.3 Å². The molecule has 4 nitrogen and oxygen atoms in total. The SMILES string of the molecule is NCCC(O)c1cc(Cl)c2c(c1)OCO2. The number of hydrogen-bond acceptors (Lipinski definition) is 4. The summed E-state index contributed by atoms with van der Waals surface area (Å²) in [6, 6.07) is 3.41. The van der Waals surface area contributed by atoms with Gasteiger partial charge in [-0.25, -0.2) is 0 Å². The van der Waals surface area contributed by atoms with Gasteiger partial charge in [-0.2, -0.15) is 0 Å². The van der Waals surface area contributed by atoms with Crippen molar-refractivity contribution >= 4 is 11.6 Å². The quantitative estimate of drug-likeness (QED) is 0.824. The molecule has 0 radical (unpaired) electrons. The number of halogens is 1. The monoisotopic (exact) mass is 229 g/mol. The Kier molecular flexibility index (Phi) is 3.00. The van der Waals surface area contributed by atoms with Gasteiger partial charge >= 0.3 is 0 Å². The first-order chi connectivity index (χ1) is 7.22. The molecule has 0 aromatic heterocycles. The van der Waals surface area contributed by atoms with Gasteiger partial charge in [0.2, 0.25) is 6.79 Å². The summed E-state index contributed by atoms with van der Waals surface area (Å²) in [5.41, 5.74) is 6.07. The summed E-state index contributed by atoms with van der Waals surface area (Å²) in [7, 11) is 0. The van der Waals surface area contributed by atoms with Crippen LogP contribution in [0.3, 0.4) is 0 Å². The topological polar surface area (TPSA) is 64.7 Å². The molecule has 0 aliphatic carbocycles. The highest BCUT2D eigenvalue weighted by molar-refractivity contribution is 6.32. The minimum absolute atomic E-state index is 0.172. The number of fused-ring (bicyclic) bond motifs is 1. The van der Waals surface area contributed by atoms with Crippen molar-refractivity contribution in [2.45, 2.75) is 12.5 Å². The van der Waals surface area contributed by atoms with E-state index in [9.17, 15) is 5.11 Å². The van der Waals surface area contributed by atoms with Crippen molar-refractivity contribution in [1.82, 2.24) is 0 Å². The lowest BCUT2D eigenvalue weighted by Crippen LogP contribution is -2.06. The minimum atomic E-state index is -0.609. The molecule has 1 aromatic carbocycles. The van der Waals surface area contributed by atoms with E-state index in [-0.39, 0.29) is 6.79 Å². The molecule has 15 heavy (non-hydrogen) atoms. The van der Waals surface area contributed by atoms with Gasteiger partial charge in [-0.3, -0.25) is 0 Å². The Bertz CT molecular complexity index is 370. The Labute approximate surface area is 92.5 Å². The number of aliphatic hydroxyl groups excluding tert-OH is 1. The molecule has 0 saturated heterocycles. The van der Waals surface area contributed by atoms with Gasteiger partial charge in [-0.1, -0.05) is 11.6 Å². The van der Waals surface area contributed by atoms with Gasteiger partial charge in [0.1, 0.15) is 0 Å². The molecule has 5 heteroatoms. The van der Waals surface area contributed by atoms with Crippen molar-refractivity contribution in [2.24, 2.45) is 5.73 Å². The maximum absolute atomic E-state index is 9.74. The molecule has 0 fully saturated rings. The molecule has 0 bridgehead atoms. The van der Waals surface area contributed by atoms with E-state index in [4.69, 9.17) is 26.8 Å². The van der Waals surface area contributed by atoms with Crippen LogP contribution in [0, 0.1) is 0 Å². The van der Waals surface area contributed by atoms with Crippen LogP contribution in [-0.4, -0.2) is 18.4 Å². The first-order valence-corrected chi connectivity index (χ1v) is 5.07. The zero-order valence-corrected chi connectivity index (χ0v) is 8.83. The molecule has 1 aromatic rings. The summed E-state index contributed by atoms with van der Waals surface area (Å²) in [6.07, 6.45) is -0.113. The number of rotatable bonds is 3. The van der Waals surface area contributed by atoms with Crippen LogP contribution in [0.4, 0.5) is 0 Å². The second-order valence-corrected chi connectivity index (χ2v) is 3.74. The Hall–Kier alpha value is -0.970. The van der Waals surface area contributed by atoms with E-state index in [2.05, 4.69) is 0 Å². The highest BCUT2D eigenvalue weighted by atomic mass is 35.5. The molecule has 0 saturated carbocycles. The second kappa shape index (κ2) is 4.26. The Morgan fingerprint density at radius 3 is 3.00 bits per heavy atom. The van der Waals surface area contributed by atoms with Crippen LogP contribution in [0.5, 0.6) is 11.5 Å². The molecule has 1 heterocycles. The summed E-state index contributed by atoms with van der Waals surface area (Å²) in [4.78, 5) is 0. The first-order valence-electron chi connectivity index (χ1n) is 4.69. The third-order valence-electron chi connectivity index (χ3n) is 2.27. The van der Waals surface area contributed by atoms with E-state index in [1.165, 1.54) is 0 Å². The molecule has 0 spiro atoms. The molecular weight excluding hydrogens is 218 g/mol. The number of hydrogen-bond donors (Lipinski definition) is 2. The molecule has 1 aliphatic heterocycles. The van der Waals surface area contributed by atoms with Gasteiger partial charge in [0.15, 0.2) is 11.5 Å². The number of benzene rings is 1. The Morgan fingerprint density at radius 1 is 1.47 bits per heavy atom. The molecule has 3 N–H and O–H groups in total.